The minimum atomic E-state index is -0.999. The van der Waals surface area contributed by atoms with Crippen LogP contribution < -0.4 is 0 Å². The van der Waals surface area contributed by atoms with E-state index in [2.05, 4.69) is 0 Å². The topological polar surface area (TPSA) is 102 Å². The Bertz CT molecular complexity index is 2560. The third kappa shape index (κ3) is 15.3. The van der Waals surface area contributed by atoms with Crippen LogP contribution in [0.25, 0.3) is 0 Å². The molecule has 0 amide bonds. The molecule has 2 saturated heterocycles. The van der Waals surface area contributed by atoms with Gasteiger partial charge in [-0.3, -0.25) is 0 Å². The van der Waals surface area contributed by atoms with Crippen LogP contribution in [0.15, 0.2) is 212 Å². The first kappa shape index (κ1) is 52.0. The third-order valence-electron chi connectivity index (χ3n) is 12.9. The van der Waals surface area contributed by atoms with E-state index in [4.69, 9.17) is 52.1 Å². The Hall–Kier alpha value is -5.90. The molecule has 0 aromatic heterocycles. The summed E-state index contributed by atoms with van der Waals surface area (Å²) in [6.45, 7) is 2.25. The van der Waals surface area contributed by atoms with Crippen molar-refractivity contribution in [2.75, 3.05) is 20.3 Å². The molecule has 0 radical (unpaired) electrons. The van der Waals surface area contributed by atoms with Gasteiger partial charge in [0.25, 0.3) is 0 Å². The lowest BCUT2D eigenvalue weighted by molar-refractivity contribution is -0.351. The predicted molar refractivity (Wildman–Crippen MR) is 276 cm³/mol. The van der Waals surface area contributed by atoms with E-state index in [0.29, 0.717) is 26.4 Å². The van der Waals surface area contributed by atoms with Crippen LogP contribution in [-0.2, 0) is 98.4 Å². The summed E-state index contributed by atoms with van der Waals surface area (Å²) < 4.78 is 75.2. The molecule has 0 saturated carbocycles. The van der Waals surface area contributed by atoms with Crippen molar-refractivity contribution < 1.29 is 52.1 Å². The van der Waals surface area contributed by atoms with Gasteiger partial charge in [-0.05, 0) is 38.9 Å². The van der Waals surface area contributed by atoms with Gasteiger partial charge < -0.3 is 52.1 Å². The molecule has 10 atom stereocenters. The highest BCUT2D eigenvalue weighted by Gasteiger charge is 2.52. The number of hydrogen-bond acceptors (Lipinski definition) is 11. The number of hydrogen-bond donors (Lipinski definition) is 0. The monoisotopic (exact) mass is 986 g/mol. The Morgan fingerprint density at radius 2 is 0.534 bits per heavy atom. The second-order valence-corrected chi connectivity index (χ2v) is 18.2. The van der Waals surface area contributed by atoms with Crippen LogP contribution in [0.4, 0.5) is 0 Å². The van der Waals surface area contributed by atoms with E-state index in [0.717, 1.165) is 38.9 Å². The molecule has 73 heavy (non-hydrogen) atoms. The molecular weight excluding hydrogens is 921 g/mol. The van der Waals surface area contributed by atoms with E-state index in [9.17, 15) is 0 Å². The van der Waals surface area contributed by atoms with Crippen molar-refractivity contribution in [1.82, 2.24) is 0 Å². The van der Waals surface area contributed by atoms with E-state index in [1.165, 1.54) is 0 Å². The standard InChI is InChI=1S/C62H66O11/c1-63-61-59(69-42-51-33-19-7-20-34-51)57(67-40-49-29-15-5-16-30-49)56(66-39-48-27-13-4-14-28-48)54(72-61)45-71-62-60(70-43-52-35-21-8-22-36-52)58(68-41-50-31-17-6-18-32-50)55(65-38-47-25-11-3-12-26-47)53(73-62)44-64-37-46-23-9-2-10-24-46/h2-36,53-62H,37-45H2,1H3/t53-,54-,55-,56-,57+,58+,59+,60-,61-,62-/m1/s1. The largest absolute Gasteiger partial charge is 0.374 e. The lowest BCUT2D eigenvalue weighted by atomic mass is 9.96. The van der Waals surface area contributed by atoms with Crippen LogP contribution >= 0.6 is 0 Å². The second kappa shape index (κ2) is 28.0. The zero-order chi connectivity index (χ0) is 49.7. The molecule has 0 aliphatic carbocycles. The zero-order valence-corrected chi connectivity index (χ0v) is 41.3. The number of ether oxygens (including phenoxy) is 11. The molecule has 0 N–H and O–H groups in total. The Labute approximate surface area is 429 Å². The summed E-state index contributed by atoms with van der Waals surface area (Å²) in [4.78, 5) is 0. The van der Waals surface area contributed by atoms with Crippen LogP contribution in [0.3, 0.4) is 0 Å². The molecule has 0 bridgehead atoms. The van der Waals surface area contributed by atoms with E-state index in [1.54, 1.807) is 7.11 Å². The third-order valence-corrected chi connectivity index (χ3v) is 12.9. The van der Waals surface area contributed by atoms with Crippen LogP contribution in [0.2, 0.25) is 0 Å². The summed E-state index contributed by atoms with van der Waals surface area (Å²) in [5.74, 6) is 0. The van der Waals surface area contributed by atoms with Gasteiger partial charge in [-0.1, -0.05) is 212 Å². The van der Waals surface area contributed by atoms with Gasteiger partial charge in [0, 0.05) is 7.11 Å². The Morgan fingerprint density at radius 3 is 0.863 bits per heavy atom. The van der Waals surface area contributed by atoms with Gasteiger partial charge in [-0.2, -0.15) is 0 Å². The van der Waals surface area contributed by atoms with Crippen LogP contribution in [0.1, 0.15) is 38.9 Å². The lowest BCUT2D eigenvalue weighted by Crippen LogP contribution is -2.64. The molecule has 11 heteroatoms. The highest BCUT2D eigenvalue weighted by molar-refractivity contribution is 5.19. The molecule has 11 nitrogen and oxygen atoms in total. The maximum absolute atomic E-state index is 7.10. The normalized spacial score (nSPS) is 24.0. The minimum absolute atomic E-state index is 0.00960. The van der Waals surface area contributed by atoms with Crippen molar-refractivity contribution in [2.45, 2.75) is 108 Å². The van der Waals surface area contributed by atoms with Gasteiger partial charge in [-0.15, -0.1) is 0 Å². The molecule has 7 aromatic rings. The van der Waals surface area contributed by atoms with Crippen LogP contribution in [0, 0.1) is 0 Å². The zero-order valence-electron chi connectivity index (χ0n) is 41.3. The minimum Gasteiger partial charge on any atom is -0.374 e. The fourth-order valence-corrected chi connectivity index (χ4v) is 9.14. The van der Waals surface area contributed by atoms with Crippen molar-refractivity contribution in [1.29, 1.82) is 0 Å². The van der Waals surface area contributed by atoms with Gasteiger partial charge in [0.2, 0.25) is 0 Å². The molecule has 380 valence electrons. The first-order valence-corrected chi connectivity index (χ1v) is 25.2. The van der Waals surface area contributed by atoms with Gasteiger partial charge >= 0.3 is 0 Å². The lowest BCUT2D eigenvalue weighted by Gasteiger charge is -2.48. The molecule has 2 aliphatic rings. The van der Waals surface area contributed by atoms with E-state index >= 15 is 0 Å². The van der Waals surface area contributed by atoms with E-state index in [-0.39, 0.29) is 33.0 Å². The first-order chi connectivity index (χ1) is 36.2. The molecule has 7 aromatic carbocycles. The van der Waals surface area contributed by atoms with Gasteiger partial charge in [0.1, 0.15) is 48.8 Å². The summed E-state index contributed by atoms with van der Waals surface area (Å²) in [6.07, 6.45) is -7.47. The van der Waals surface area contributed by atoms with Crippen LogP contribution in [-0.4, -0.2) is 81.7 Å². The van der Waals surface area contributed by atoms with Crippen molar-refractivity contribution in [3.63, 3.8) is 0 Å². The maximum Gasteiger partial charge on any atom is 0.187 e. The summed E-state index contributed by atoms with van der Waals surface area (Å²) in [7, 11) is 1.61. The predicted octanol–water partition coefficient (Wildman–Crippen LogP) is 10.8. The molecule has 0 unspecified atom stereocenters. The molecule has 9 rings (SSSR count). The average Bonchev–Trinajstić information content (AvgIpc) is 3.45. The summed E-state index contributed by atoms with van der Waals surface area (Å²) in [6, 6.07) is 70.4. The molecule has 2 aliphatic heterocycles. The smallest absolute Gasteiger partial charge is 0.187 e. The number of benzene rings is 7. The van der Waals surface area contributed by atoms with Gasteiger partial charge in [0.15, 0.2) is 12.6 Å². The summed E-state index contributed by atoms with van der Waals surface area (Å²) >= 11 is 0. The molecule has 2 fully saturated rings. The molecular formula is C62H66O11. The van der Waals surface area contributed by atoms with Gasteiger partial charge in [0.05, 0.1) is 59.5 Å². The Balaban J connectivity index is 1.05. The molecule has 0 spiro atoms. The summed E-state index contributed by atoms with van der Waals surface area (Å²) in [5.41, 5.74) is 7.00. The van der Waals surface area contributed by atoms with E-state index < -0.39 is 61.4 Å². The quantitative estimate of drug-likeness (QED) is 0.0518. The fraction of sp³-hybridized carbons (Fsp3) is 0.323. The second-order valence-electron chi connectivity index (χ2n) is 18.2. The van der Waals surface area contributed by atoms with Crippen LogP contribution in [0.5, 0.6) is 0 Å². The SMILES string of the molecule is CO[C@@H]1O[C@H](CO[C@@H]2O[C@H](COCc3ccccc3)[C@@H](OCc3ccccc3)[C@H](OCc3ccccc3)[C@H]2OCc2ccccc2)[C@@H](OCc2ccccc2)[C@H](OCc2ccccc2)[C@@H]1OCc1ccccc1. The Kier molecular flexibility index (Phi) is 19.9. The number of methoxy groups -OCH3 is 1. The van der Waals surface area contributed by atoms with Crippen molar-refractivity contribution in [3.05, 3.63) is 251 Å². The van der Waals surface area contributed by atoms with Crippen molar-refractivity contribution >= 4 is 0 Å². The van der Waals surface area contributed by atoms with Gasteiger partial charge in [-0.25, -0.2) is 0 Å². The molecule has 2 heterocycles. The highest BCUT2D eigenvalue weighted by atomic mass is 16.7. The van der Waals surface area contributed by atoms with E-state index in [1.807, 2.05) is 212 Å². The van der Waals surface area contributed by atoms with Crippen molar-refractivity contribution in [2.24, 2.45) is 0 Å². The van der Waals surface area contributed by atoms with Crippen molar-refractivity contribution in [3.8, 4) is 0 Å². The first-order valence-electron chi connectivity index (χ1n) is 25.2. The maximum atomic E-state index is 7.10. The Morgan fingerprint density at radius 1 is 0.274 bits per heavy atom. The average molecular weight is 987 g/mol. The number of rotatable bonds is 26. The summed E-state index contributed by atoms with van der Waals surface area (Å²) in [5, 5.41) is 0. The highest BCUT2D eigenvalue weighted by Crippen LogP contribution is 2.35. The fourth-order valence-electron chi connectivity index (χ4n) is 9.14.